The van der Waals surface area contributed by atoms with Crippen LogP contribution in [0.5, 0.6) is 0 Å². The van der Waals surface area contributed by atoms with Gasteiger partial charge in [0.15, 0.2) is 0 Å². The van der Waals surface area contributed by atoms with Gasteiger partial charge in [0.2, 0.25) is 5.91 Å². The molecule has 2 aromatic rings. The number of aryl methyl sites for hydroxylation is 1. The topological polar surface area (TPSA) is 32.3 Å². The number of carbonyl (C=O) groups excluding carboxylic acids is 1. The highest BCUT2D eigenvalue weighted by atomic mass is 19.1. The first kappa shape index (κ1) is 15.7. The third-order valence-electron chi connectivity index (χ3n) is 4.01. The van der Waals surface area contributed by atoms with Gasteiger partial charge in [-0.15, -0.1) is 0 Å². The zero-order chi connectivity index (χ0) is 16.2. The minimum atomic E-state index is -0.232. The summed E-state index contributed by atoms with van der Waals surface area (Å²) < 4.78 is 13.0. The van der Waals surface area contributed by atoms with Gasteiger partial charge in [-0.05, 0) is 55.2 Å². The zero-order valence-electron chi connectivity index (χ0n) is 13.3. The molecule has 0 heterocycles. The number of hydrogen-bond acceptors (Lipinski definition) is 2. The molecule has 1 N–H and O–H groups in total. The van der Waals surface area contributed by atoms with E-state index in [0.717, 1.165) is 29.7 Å². The van der Waals surface area contributed by atoms with Crippen molar-refractivity contribution in [3.63, 3.8) is 0 Å². The molecule has 0 atom stereocenters. The molecule has 0 bridgehead atoms. The number of amides is 1. The van der Waals surface area contributed by atoms with Crippen molar-refractivity contribution < 1.29 is 9.18 Å². The first-order valence-electron chi connectivity index (χ1n) is 7.95. The van der Waals surface area contributed by atoms with Crippen LogP contribution in [0.1, 0.15) is 24.0 Å². The standard InChI is InChI=1S/C19H21FN2O/c1-14-3-2-4-17(11-14)21-19(23)13-22(18-9-10-18)12-15-5-7-16(20)8-6-15/h2-8,11,18H,9-10,12-13H2,1H3,(H,21,23). The summed E-state index contributed by atoms with van der Waals surface area (Å²) in [5.74, 6) is -0.242. The predicted molar refractivity (Wildman–Crippen MR) is 89.6 cm³/mol. The number of benzene rings is 2. The van der Waals surface area contributed by atoms with Crippen LogP contribution in [0, 0.1) is 12.7 Å². The highest BCUT2D eigenvalue weighted by Gasteiger charge is 2.30. The van der Waals surface area contributed by atoms with Gasteiger partial charge in [0.1, 0.15) is 5.82 Å². The van der Waals surface area contributed by atoms with Gasteiger partial charge in [0.25, 0.3) is 0 Å². The van der Waals surface area contributed by atoms with Crippen LogP contribution in [0.15, 0.2) is 48.5 Å². The van der Waals surface area contributed by atoms with E-state index >= 15 is 0 Å². The molecule has 4 heteroatoms. The smallest absolute Gasteiger partial charge is 0.238 e. The van der Waals surface area contributed by atoms with Crippen LogP contribution in [0.25, 0.3) is 0 Å². The van der Waals surface area contributed by atoms with E-state index in [4.69, 9.17) is 0 Å². The summed E-state index contributed by atoms with van der Waals surface area (Å²) >= 11 is 0. The molecule has 0 unspecified atom stereocenters. The van der Waals surface area contributed by atoms with Gasteiger partial charge in [0, 0.05) is 18.3 Å². The molecule has 3 rings (SSSR count). The third kappa shape index (κ3) is 4.63. The molecule has 1 aliphatic rings. The van der Waals surface area contributed by atoms with Gasteiger partial charge in [-0.25, -0.2) is 4.39 Å². The largest absolute Gasteiger partial charge is 0.325 e. The Morgan fingerprint density at radius 1 is 1.22 bits per heavy atom. The second kappa shape index (κ2) is 6.92. The second-order valence-corrected chi connectivity index (χ2v) is 6.18. The molecule has 0 aromatic heterocycles. The summed E-state index contributed by atoms with van der Waals surface area (Å²) in [5.41, 5.74) is 2.97. The van der Waals surface area contributed by atoms with Crippen molar-refractivity contribution in [2.45, 2.75) is 32.4 Å². The summed E-state index contributed by atoms with van der Waals surface area (Å²) in [6.45, 7) is 3.03. The highest BCUT2D eigenvalue weighted by molar-refractivity contribution is 5.92. The summed E-state index contributed by atoms with van der Waals surface area (Å²) in [5, 5.41) is 2.95. The Balaban J connectivity index is 1.60. The first-order valence-corrected chi connectivity index (χ1v) is 7.95. The van der Waals surface area contributed by atoms with Crippen LogP contribution in [0.4, 0.5) is 10.1 Å². The molecule has 1 amide bonds. The van der Waals surface area contributed by atoms with E-state index in [9.17, 15) is 9.18 Å². The SMILES string of the molecule is Cc1cccc(NC(=O)CN(Cc2ccc(F)cc2)C2CC2)c1. The molecule has 23 heavy (non-hydrogen) atoms. The van der Waals surface area contributed by atoms with Gasteiger partial charge in [0.05, 0.1) is 6.54 Å². The minimum absolute atomic E-state index is 0.00962. The second-order valence-electron chi connectivity index (χ2n) is 6.18. The number of anilines is 1. The van der Waals surface area contributed by atoms with Crippen LogP contribution in [0.3, 0.4) is 0 Å². The van der Waals surface area contributed by atoms with Crippen LogP contribution < -0.4 is 5.32 Å². The summed E-state index contributed by atoms with van der Waals surface area (Å²) in [6, 6.07) is 14.7. The first-order chi connectivity index (χ1) is 11.1. The van der Waals surface area contributed by atoms with Crippen molar-refractivity contribution in [1.29, 1.82) is 0 Å². The molecular weight excluding hydrogens is 291 g/mol. The van der Waals surface area contributed by atoms with Gasteiger partial charge in [-0.3, -0.25) is 9.69 Å². The van der Waals surface area contributed by atoms with E-state index in [-0.39, 0.29) is 11.7 Å². The van der Waals surface area contributed by atoms with Crippen molar-refractivity contribution in [2.75, 3.05) is 11.9 Å². The molecule has 3 nitrogen and oxygen atoms in total. The lowest BCUT2D eigenvalue weighted by Crippen LogP contribution is -2.34. The lowest BCUT2D eigenvalue weighted by atomic mass is 10.2. The average Bonchev–Trinajstić information content (AvgIpc) is 3.33. The number of carbonyl (C=O) groups is 1. The maximum absolute atomic E-state index is 13.0. The fourth-order valence-electron chi connectivity index (χ4n) is 2.69. The minimum Gasteiger partial charge on any atom is -0.325 e. The number of rotatable bonds is 6. The monoisotopic (exact) mass is 312 g/mol. The molecule has 0 aliphatic heterocycles. The molecule has 1 saturated carbocycles. The van der Waals surface area contributed by atoms with Crippen molar-refractivity contribution in [3.8, 4) is 0 Å². The quantitative estimate of drug-likeness (QED) is 0.881. The van der Waals surface area contributed by atoms with Gasteiger partial charge in [-0.2, -0.15) is 0 Å². The molecule has 1 aliphatic carbocycles. The third-order valence-corrected chi connectivity index (χ3v) is 4.01. The van der Waals surface area contributed by atoms with Crippen molar-refractivity contribution in [1.82, 2.24) is 4.90 Å². The maximum atomic E-state index is 13.0. The van der Waals surface area contributed by atoms with E-state index in [2.05, 4.69) is 10.2 Å². The Bertz CT molecular complexity index is 680. The lowest BCUT2D eigenvalue weighted by molar-refractivity contribution is -0.117. The molecule has 0 radical (unpaired) electrons. The van der Waals surface area contributed by atoms with E-state index in [1.54, 1.807) is 12.1 Å². The number of hydrogen-bond donors (Lipinski definition) is 1. The molecule has 0 saturated heterocycles. The van der Waals surface area contributed by atoms with Crippen LogP contribution >= 0.6 is 0 Å². The Labute approximate surface area is 136 Å². The normalized spacial score (nSPS) is 14.0. The fraction of sp³-hybridized carbons (Fsp3) is 0.316. The molecule has 2 aromatic carbocycles. The Hall–Kier alpha value is -2.20. The zero-order valence-corrected chi connectivity index (χ0v) is 13.3. The summed E-state index contributed by atoms with van der Waals surface area (Å²) in [4.78, 5) is 14.5. The number of nitrogens with zero attached hydrogens (tertiary/aromatic N) is 1. The Morgan fingerprint density at radius 3 is 2.61 bits per heavy atom. The summed E-state index contributed by atoms with van der Waals surface area (Å²) in [7, 11) is 0. The predicted octanol–water partition coefficient (Wildman–Crippen LogP) is 3.74. The fourth-order valence-corrected chi connectivity index (χ4v) is 2.69. The average molecular weight is 312 g/mol. The molecule has 120 valence electrons. The summed E-state index contributed by atoms with van der Waals surface area (Å²) in [6.07, 6.45) is 2.25. The highest BCUT2D eigenvalue weighted by Crippen LogP contribution is 2.28. The van der Waals surface area contributed by atoms with Gasteiger partial charge >= 0.3 is 0 Å². The van der Waals surface area contributed by atoms with Crippen LogP contribution in [-0.4, -0.2) is 23.4 Å². The molecular formula is C19H21FN2O. The van der Waals surface area contributed by atoms with E-state index in [1.807, 2.05) is 31.2 Å². The maximum Gasteiger partial charge on any atom is 0.238 e. The van der Waals surface area contributed by atoms with E-state index in [0.29, 0.717) is 19.1 Å². The molecule has 0 spiro atoms. The Kier molecular flexibility index (Phi) is 4.72. The van der Waals surface area contributed by atoms with Crippen molar-refractivity contribution in [3.05, 3.63) is 65.5 Å². The van der Waals surface area contributed by atoms with Crippen LogP contribution in [-0.2, 0) is 11.3 Å². The Morgan fingerprint density at radius 2 is 1.96 bits per heavy atom. The van der Waals surface area contributed by atoms with Crippen LogP contribution in [0.2, 0.25) is 0 Å². The number of nitrogens with one attached hydrogen (secondary N) is 1. The van der Waals surface area contributed by atoms with E-state index < -0.39 is 0 Å². The van der Waals surface area contributed by atoms with Crippen molar-refractivity contribution in [2.24, 2.45) is 0 Å². The van der Waals surface area contributed by atoms with Crippen molar-refractivity contribution >= 4 is 11.6 Å². The lowest BCUT2D eigenvalue weighted by Gasteiger charge is -2.21. The van der Waals surface area contributed by atoms with Gasteiger partial charge < -0.3 is 5.32 Å². The molecule has 1 fully saturated rings. The van der Waals surface area contributed by atoms with E-state index in [1.165, 1.54) is 12.1 Å². The van der Waals surface area contributed by atoms with Gasteiger partial charge in [-0.1, -0.05) is 24.3 Å². The number of halogens is 1.